The Hall–Kier alpha value is -1.85. The third kappa shape index (κ3) is 6.52. The van der Waals surface area contributed by atoms with Gasteiger partial charge in [0, 0.05) is 20.6 Å². The Labute approximate surface area is 150 Å². The number of para-hydroxylation sites is 1. The fourth-order valence-corrected chi connectivity index (χ4v) is 3.47. The van der Waals surface area contributed by atoms with Crippen molar-refractivity contribution >= 4 is 5.97 Å². The SMILES string of the molecule is CO.COC/C=C/[C@H]1CCC[C@@H]1c1cccc(CCCC(=O)O)c1O. The molecule has 1 aliphatic carbocycles. The summed E-state index contributed by atoms with van der Waals surface area (Å²) in [5.74, 6) is 0.336. The lowest BCUT2D eigenvalue weighted by molar-refractivity contribution is -0.137. The van der Waals surface area contributed by atoms with Gasteiger partial charge in [-0.15, -0.1) is 0 Å². The van der Waals surface area contributed by atoms with Crippen LogP contribution in [-0.2, 0) is 16.0 Å². The van der Waals surface area contributed by atoms with Gasteiger partial charge < -0.3 is 20.1 Å². The van der Waals surface area contributed by atoms with Crippen molar-refractivity contribution in [2.45, 2.75) is 44.4 Å². The number of methoxy groups -OCH3 is 1. The average molecular weight is 350 g/mol. The molecule has 0 aliphatic heterocycles. The van der Waals surface area contributed by atoms with Gasteiger partial charge in [-0.1, -0.05) is 36.8 Å². The van der Waals surface area contributed by atoms with Crippen molar-refractivity contribution < 1.29 is 24.9 Å². The number of carboxylic acids is 1. The largest absolute Gasteiger partial charge is 0.507 e. The lowest BCUT2D eigenvalue weighted by Gasteiger charge is -2.20. The van der Waals surface area contributed by atoms with E-state index in [0.29, 0.717) is 37.0 Å². The number of phenols is 1. The Morgan fingerprint density at radius 2 is 2.08 bits per heavy atom. The molecule has 0 aromatic heterocycles. The minimum atomic E-state index is -0.792. The average Bonchev–Trinajstić information content (AvgIpc) is 3.06. The van der Waals surface area contributed by atoms with Crippen molar-refractivity contribution in [2.75, 3.05) is 20.8 Å². The third-order valence-electron chi connectivity index (χ3n) is 4.60. The number of hydrogen-bond donors (Lipinski definition) is 3. The topological polar surface area (TPSA) is 87.0 Å². The van der Waals surface area contributed by atoms with Crippen LogP contribution in [0.4, 0.5) is 0 Å². The number of aromatic hydroxyl groups is 1. The highest BCUT2D eigenvalue weighted by Gasteiger charge is 2.29. The molecule has 0 radical (unpaired) electrons. The normalized spacial score (nSPS) is 19.6. The van der Waals surface area contributed by atoms with Crippen LogP contribution in [0.3, 0.4) is 0 Å². The second-order valence-corrected chi connectivity index (χ2v) is 6.19. The summed E-state index contributed by atoms with van der Waals surface area (Å²) in [6.45, 7) is 0.616. The van der Waals surface area contributed by atoms with Gasteiger partial charge in [0.05, 0.1) is 6.61 Å². The standard InChI is InChI=1S/C19H26O4.CH4O/c1-23-13-5-9-14-6-2-10-16(14)17-11-3-7-15(19(17)22)8-4-12-18(20)21;1-2/h3,5,7,9,11,14,16,22H,2,4,6,8,10,12-13H2,1H3,(H,20,21);2H,1H3/b9-5+;/t14-,16+;/m1./s1. The molecule has 0 saturated heterocycles. The van der Waals surface area contributed by atoms with E-state index in [0.717, 1.165) is 37.5 Å². The zero-order valence-corrected chi connectivity index (χ0v) is 15.1. The number of aryl methyl sites for hydroxylation is 1. The Morgan fingerprint density at radius 3 is 2.76 bits per heavy atom. The Balaban J connectivity index is 0.00000151. The quantitative estimate of drug-likeness (QED) is 0.625. The number of hydrogen-bond acceptors (Lipinski definition) is 4. The molecule has 1 aliphatic rings. The lowest BCUT2D eigenvalue weighted by Crippen LogP contribution is -2.05. The number of phenolic OH excluding ortho intramolecular Hbond substituents is 1. The fraction of sp³-hybridized carbons (Fsp3) is 0.550. The predicted octanol–water partition coefficient (Wildman–Crippen LogP) is 3.49. The van der Waals surface area contributed by atoms with Gasteiger partial charge in [-0.25, -0.2) is 0 Å². The number of allylic oxidation sites excluding steroid dienone is 1. The van der Waals surface area contributed by atoms with Crippen molar-refractivity contribution in [3.05, 3.63) is 41.5 Å². The van der Waals surface area contributed by atoms with E-state index in [1.807, 2.05) is 18.2 Å². The first kappa shape index (κ1) is 21.2. The fourth-order valence-electron chi connectivity index (χ4n) is 3.47. The van der Waals surface area contributed by atoms with E-state index in [1.54, 1.807) is 7.11 Å². The molecule has 2 atom stereocenters. The Bertz CT molecular complexity index is 553. The maximum absolute atomic E-state index is 10.6. The highest BCUT2D eigenvalue weighted by Crippen LogP contribution is 2.44. The highest BCUT2D eigenvalue weighted by molar-refractivity contribution is 5.66. The summed E-state index contributed by atoms with van der Waals surface area (Å²) in [5, 5.41) is 26.4. The van der Waals surface area contributed by atoms with Gasteiger partial charge in [-0.2, -0.15) is 0 Å². The molecule has 5 nitrogen and oxygen atoms in total. The third-order valence-corrected chi connectivity index (χ3v) is 4.60. The van der Waals surface area contributed by atoms with Gasteiger partial charge in [-0.05, 0) is 48.6 Å². The van der Waals surface area contributed by atoms with Crippen molar-refractivity contribution in [3.8, 4) is 5.75 Å². The number of ether oxygens (including phenoxy) is 1. The molecule has 1 fully saturated rings. The van der Waals surface area contributed by atoms with Gasteiger partial charge in [0.25, 0.3) is 0 Å². The van der Waals surface area contributed by atoms with Crippen molar-refractivity contribution in [1.29, 1.82) is 0 Å². The maximum atomic E-state index is 10.6. The highest BCUT2D eigenvalue weighted by atomic mass is 16.5. The predicted molar refractivity (Wildman–Crippen MR) is 97.9 cm³/mol. The molecule has 140 valence electrons. The number of aliphatic hydroxyl groups is 1. The molecular formula is C20H30O5. The first-order valence-corrected chi connectivity index (χ1v) is 8.76. The lowest BCUT2D eigenvalue weighted by atomic mass is 9.86. The molecule has 1 saturated carbocycles. The van der Waals surface area contributed by atoms with Crippen LogP contribution in [0.15, 0.2) is 30.4 Å². The van der Waals surface area contributed by atoms with Gasteiger partial charge >= 0.3 is 5.97 Å². The molecule has 0 spiro atoms. The molecule has 0 heterocycles. The summed E-state index contributed by atoms with van der Waals surface area (Å²) in [5.41, 5.74) is 1.86. The van der Waals surface area contributed by atoms with Gasteiger partial charge in [0.1, 0.15) is 5.75 Å². The summed E-state index contributed by atoms with van der Waals surface area (Å²) in [4.78, 5) is 10.6. The number of aliphatic carboxylic acids is 1. The van der Waals surface area contributed by atoms with Gasteiger partial charge in [0.15, 0.2) is 0 Å². The Morgan fingerprint density at radius 1 is 1.32 bits per heavy atom. The van der Waals surface area contributed by atoms with Gasteiger partial charge in [-0.3, -0.25) is 4.79 Å². The number of rotatable bonds is 8. The minimum Gasteiger partial charge on any atom is -0.507 e. The van der Waals surface area contributed by atoms with Crippen LogP contribution in [-0.4, -0.2) is 42.1 Å². The van der Waals surface area contributed by atoms with E-state index in [1.165, 1.54) is 0 Å². The smallest absolute Gasteiger partial charge is 0.303 e. The summed E-state index contributed by atoms with van der Waals surface area (Å²) < 4.78 is 5.06. The Kier molecular flexibility index (Phi) is 9.88. The van der Waals surface area contributed by atoms with Crippen LogP contribution < -0.4 is 0 Å². The molecule has 0 amide bonds. The summed E-state index contributed by atoms with van der Waals surface area (Å²) in [7, 11) is 2.68. The summed E-state index contributed by atoms with van der Waals surface area (Å²) in [6, 6.07) is 5.87. The maximum Gasteiger partial charge on any atom is 0.303 e. The number of benzene rings is 1. The first-order valence-electron chi connectivity index (χ1n) is 8.76. The summed E-state index contributed by atoms with van der Waals surface area (Å²) >= 11 is 0. The molecule has 0 unspecified atom stereocenters. The van der Waals surface area contributed by atoms with Crippen LogP contribution >= 0.6 is 0 Å². The molecule has 3 N–H and O–H groups in total. The molecule has 1 aromatic carbocycles. The number of carboxylic acid groups (broad SMARTS) is 1. The first-order chi connectivity index (χ1) is 12.1. The number of aliphatic hydroxyl groups excluding tert-OH is 1. The molecule has 25 heavy (non-hydrogen) atoms. The van der Waals surface area contributed by atoms with Crippen LogP contribution in [0.2, 0.25) is 0 Å². The molecule has 0 bridgehead atoms. The van der Waals surface area contributed by atoms with Crippen LogP contribution in [0.1, 0.15) is 49.1 Å². The van der Waals surface area contributed by atoms with E-state index in [-0.39, 0.29) is 6.42 Å². The van der Waals surface area contributed by atoms with Crippen LogP contribution in [0.5, 0.6) is 5.75 Å². The molecular weight excluding hydrogens is 320 g/mol. The molecule has 2 rings (SSSR count). The van der Waals surface area contributed by atoms with E-state index in [9.17, 15) is 9.90 Å². The molecule has 5 heteroatoms. The van der Waals surface area contributed by atoms with E-state index in [2.05, 4.69) is 12.2 Å². The van der Waals surface area contributed by atoms with Gasteiger partial charge in [0.2, 0.25) is 0 Å². The van der Waals surface area contributed by atoms with E-state index >= 15 is 0 Å². The zero-order chi connectivity index (χ0) is 18.7. The van der Waals surface area contributed by atoms with E-state index < -0.39 is 5.97 Å². The van der Waals surface area contributed by atoms with E-state index in [4.69, 9.17) is 14.9 Å². The van der Waals surface area contributed by atoms with Crippen molar-refractivity contribution in [2.24, 2.45) is 5.92 Å². The number of carbonyl (C=O) groups is 1. The van der Waals surface area contributed by atoms with Crippen molar-refractivity contribution in [3.63, 3.8) is 0 Å². The second kappa shape index (κ2) is 11.7. The van der Waals surface area contributed by atoms with Crippen LogP contribution in [0.25, 0.3) is 0 Å². The zero-order valence-electron chi connectivity index (χ0n) is 15.1. The van der Waals surface area contributed by atoms with Crippen LogP contribution in [0, 0.1) is 5.92 Å². The second-order valence-electron chi connectivity index (χ2n) is 6.19. The minimum absolute atomic E-state index is 0.134. The van der Waals surface area contributed by atoms with Crippen molar-refractivity contribution in [1.82, 2.24) is 0 Å². The molecule has 1 aromatic rings. The summed E-state index contributed by atoms with van der Waals surface area (Å²) in [6.07, 6.45) is 8.91. The monoisotopic (exact) mass is 350 g/mol.